The van der Waals surface area contributed by atoms with Crippen LogP contribution in [0.4, 0.5) is 0 Å². The lowest BCUT2D eigenvalue weighted by molar-refractivity contribution is 0.0532. The largest absolute Gasteiger partial charge is 0.462 e. The van der Waals surface area contributed by atoms with Crippen LogP contribution in [0.5, 0.6) is 0 Å². The monoisotopic (exact) mass is 323 g/mol. The van der Waals surface area contributed by atoms with E-state index in [4.69, 9.17) is 9.72 Å². The van der Waals surface area contributed by atoms with Crippen molar-refractivity contribution in [3.63, 3.8) is 0 Å². The molecule has 0 bridgehead atoms. The van der Waals surface area contributed by atoms with E-state index in [1.807, 2.05) is 68.4 Å². The molecule has 116 valence electrons. The van der Waals surface area contributed by atoms with Gasteiger partial charge >= 0.3 is 5.97 Å². The van der Waals surface area contributed by atoms with Crippen LogP contribution < -0.4 is 0 Å². The smallest absolute Gasteiger partial charge is 0.350 e. The highest BCUT2D eigenvalue weighted by Gasteiger charge is 2.21. The molecule has 0 spiro atoms. The summed E-state index contributed by atoms with van der Waals surface area (Å²) in [6.45, 7) is 4.21. The Balaban J connectivity index is 2.10. The number of aryl methyl sites for hydroxylation is 1. The zero-order valence-corrected chi connectivity index (χ0v) is 13.9. The molecule has 3 rings (SSSR count). The second-order valence-corrected chi connectivity index (χ2v) is 6.15. The summed E-state index contributed by atoms with van der Waals surface area (Å²) in [6.07, 6.45) is 0. The van der Waals surface area contributed by atoms with Crippen LogP contribution in [0.2, 0.25) is 0 Å². The SMILES string of the molecule is CCOC(=O)c1sc(-c2ccc(C)cc2)nc1-c1ccccc1. The van der Waals surface area contributed by atoms with E-state index in [1.165, 1.54) is 16.9 Å². The predicted octanol–water partition coefficient (Wildman–Crippen LogP) is 4.96. The van der Waals surface area contributed by atoms with E-state index in [-0.39, 0.29) is 5.97 Å². The van der Waals surface area contributed by atoms with Crippen molar-refractivity contribution in [1.82, 2.24) is 4.98 Å². The highest BCUT2D eigenvalue weighted by Crippen LogP contribution is 2.34. The normalized spacial score (nSPS) is 10.5. The Morgan fingerprint density at radius 1 is 1.04 bits per heavy atom. The number of ether oxygens (including phenoxy) is 1. The number of hydrogen-bond donors (Lipinski definition) is 0. The van der Waals surface area contributed by atoms with E-state index >= 15 is 0 Å². The van der Waals surface area contributed by atoms with Gasteiger partial charge in [0.1, 0.15) is 9.88 Å². The lowest BCUT2D eigenvalue weighted by Crippen LogP contribution is -2.03. The van der Waals surface area contributed by atoms with Gasteiger partial charge in [0.2, 0.25) is 0 Å². The Labute approximate surface area is 139 Å². The fourth-order valence-corrected chi connectivity index (χ4v) is 3.25. The summed E-state index contributed by atoms with van der Waals surface area (Å²) in [4.78, 5) is 17.5. The summed E-state index contributed by atoms with van der Waals surface area (Å²) >= 11 is 1.38. The molecular weight excluding hydrogens is 306 g/mol. The van der Waals surface area contributed by atoms with Crippen LogP contribution in [-0.4, -0.2) is 17.6 Å². The highest BCUT2D eigenvalue weighted by atomic mass is 32.1. The molecule has 0 saturated heterocycles. The molecule has 23 heavy (non-hydrogen) atoms. The van der Waals surface area contributed by atoms with E-state index < -0.39 is 0 Å². The Kier molecular flexibility index (Phi) is 4.53. The van der Waals surface area contributed by atoms with Gasteiger partial charge in [0.05, 0.1) is 12.3 Å². The second kappa shape index (κ2) is 6.75. The first-order valence-electron chi connectivity index (χ1n) is 7.49. The quantitative estimate of drug-likeness (QED) is 0.637. The molecule has 0 N–H and O–H groups in total. The van der Waals surface area contributed by atoms with Gasteiger partial charge in [0, 0.05) is 11.1 Å². The van der Waals surface area contributed by atoms with Gasteiger partial charge in [-0.15, -0.1) is 11.3 Å². The van der Waals surface area contributed by atoms with Crippen LogP contribution in [0.15, 0.2) is 54.6 Å². The molecule has 0 atom stereocenters. The Bertz CT molecular complexity index is 807. The number of hydrogen-bond acceptors (Lipinski definition) is 4. The molecule has 0 amide bonds. The first-order valence-corrected chi connectivity index (χ1v) is 8.31. The molecule has 4 heteroatoms. The molecule has 0 aliphatic heterocycles. The highest BCUT2D eigenvalue weighted by molar-refractivity contribution is 7.17. The van der Waals surface area contributed by atoms with E-state index in [1.54, 1.807) is 0 Å². The van der Waals surface area contributed by atoms with Crippen molar-refractivity contribution in [1.29, 1.82) is 0 Å². The Morgan fingerprint density at radius 3 is 2.39 bits per heavy atom. The maximum atomic E-state index is 12.3. The number of thiazole rings is 1. The fourth-order valence-electron chi connectivity index (χ4n) is 2.27. The van der Waals surface area contributed by atoms with Gasteiger partial charge in [-0.2, -0.15) is 0 Å². The number of aromatic nitrogens is 1. The molecule has 0 unspecified atom stereocenters. The van der Waals surface area contributed by atoms with Crippen LogP contribution in [0.25, 0.3) is 21.8 Å². The summed E-state index contributed by atoms with van der Waals surface area (Å²) in [6, 6.07) is 17.9. The summed E-state index contributed by atoms with van der Waals surface area (Å²) in [7, 11) is 0. The average molecular weight is 323 g/mol. The van der Waals surface area contributed by atoms with Crippen molar-refractivity contribution in [3.05, 3.63) is 65.0 Å². The van der Waals surface area contributed by atoms with Crippen molar-refractivity contribution >= 4 is 17.3 Å². The van der Waals surface area contributed by atoms with Crippen molar-refractivity contribution < 1.29 is 9.53 Å². The van der Waals surface area contributed by atoms with E-state index in [2.05, 4.69) is 0 Å². The van der Waals surface area contributed by atoms with E-state index in [0.717, 1.165) is 16.1 Å². The first-order chi connectivity index (χ1) is 11.2. The minimum Gasteiger partial charge on any atom is -0.462 e. The average Bonchev–Trinajstić information content (AvgIpc) is 3.02. The topological polar surface area (TPSA) is 39.2 Å². The third-order valence-corrected chi connectivity index (χ3v) is 4.52. The maximum absolute atomic E-state index is 12.3. The number of esters is 1. The van der Waals surface area contributed by atoms with Gasteiger partial charge in [0.25, 0.3) is 0 Å². The molecule has 0 fully saturated rings. The van der Waals surface area contributed by atoms with E-state index in [9.17, 15) is 4.79 Å². The predicted molar refractivity (Wildman–Crippen MR) is 93.7 cm³/mol. The van der Waals surface area contributed by atoms with Crippen molar-refractivity contribution in [2.75, 3.05) is 6.61 Å². The van der Waals surface area contributed by atoms with Gasteiger partial charge < -0.3 is 4.74 Å². The van der Waals surface area contributed by atoms with Crippen LogP contribution in [0.3, 0.4) is 0 Å². The number of carbonyl (C=O) groups is 1. The molecular formula is C19H17NO2S. The number of carbonyl (C=O) groups excluding carboxylic acids is 1. The lowest BCUT2D eigenvalue weighted by Gasteiger charge is -2.01. The van der Waals surface area contributed by atoms with Crippen molar-refractivity contribution in [2.24, 2.45) is 0 Å². The summed E-state index contributed by atoms with van der Waals surface area (Å²) in [5.41, 5.74) is 3.81. The molecule has 0 aliphatic rings. The Hall–Kier alpha value is -2.46. The lowest BCUT2D eigenvalue weighted by atomic mass is 10.1. The van der Waals surface area contributed by atoms with Gasteiger partial charge in [-0.3, -0.25) is 0 Å². The molecule has 0 aliphatic carbocycles. The number of nitrogens with zero attached hydrogens (tertiary/aromatic N) is 1. The molecule has 0 radical (unpaired) electrons. The molecule has 1 aromatic heterocycles. The van der Waals surface area contributed by atoms with Gasteiger partial charge in [-0.05, 0) is 13.8 Å². The third-order valence-electron chi connectivity index (χ3n) is 3.43. The minimum absolute atomic E-state index is 0.317. The van der Waals surface area contributed by atoms with Gasteiger partial charge in [-0.1, -0.05) is 60.2 Å². The van der Waals surface area contributed by atoms with Crippen molar-refractivity contribution in [2.45, 2.75) is 13.8 Å². The number of rotatable bonds is 4. The zero-order chi connectivity index (χ0) is 16.2. The second-order valence-electron chi connectivity index (χ2n) is 5.15. The minimum atomic E-state index is -0.317. The summed E-state index contributed by atoms with van der Waals surface area (Å²) in [5, 5.41) is 0.826. The summed E-state index contributed by atoms with van der Waals surface area (Å²) < 4.78 is 5.19. The van der Waals surface area contributed by atoms with Gasteiger partial charge in [-0.25, -0.2) is 9.78 Å². The molecule has 2 aromatic carbocycles. The molecule has 3 aromatic rings. The van der Waals surface area contributed by atoms with Crippen LogP contribution in [0, 0.1) is 6.92 Å². The number of benzene rings is 2. The molecule has 3 nitrogen and oxygen atoms in total. The zero-order valence-electron chi connectivity index (χ0n) is 13.1. The van der Waals surface area contributed by atoms with E-state index in [0.29, 0.717) is 17.2 Å². The van der Waals surface area contributed by atoms with Crippen LogP contribution >= 0.6 is 11.3 Å². The van der Waals surface area contributed by atoms with Crippen LogP contribution in [-0.2, 0) is 4.74 Å². The third kappa shape index (κ3) is 3.32. The van der Waals surface area contributed by atoms with Crippen molar-refractivity contribution in [3.8, 4) is 21.8 Å². The summed E-state index contributed by atoms with van der Waals surface area (Å²) in [5.74, 6) is -0.317. The molecule has 1 heterocycles. The Morgan fingerprint density at radius 2 is 1.74 bits per heavy atom. The fraction of sp³-hybridized carbons (Fsp3) is 0.158. The maximum Gasteiger partial charge on any atom is 0.350 e. The molecule has 0 saturated carbocycles. The van der Waals surface area contributed by atoms with Gasteiger partial charge in [0.15, 0.2) is 0 Å². The standard InChI is InChI=1S/C19H17NO2S/c1-3-22-19(21)17-16(14-7-5-4-6-8-14)20-18(23-17)15-11-9-13(2)10-12-15/h4-12H,3H2,1-2H3. The first kappa shape index (κ1) is 15.4. The van der Waals surface area contributed by atoms with Crippen LogP contribution in [0.1, 0.15) is 22.2 Å².